The molecule has 0 radical (unpaired) electrons. The number of aromatic amines is 1. The van der Waals surface area contributed by atoms with Crippen LogP contribution < -0.4 is 11.4 Å². The number of benzene rings is 1. The maximum Gasteiger partial charge on any atom is 0.356 e. The molecule has 0 saturated carbocycles. The van der Waals surface area contributed by atoms with Gasteiger partial charge in [0.2, 0.25) is 0 Å². The number of aromatic carboxylic acids is 1. The number of halogens is 1. The third-order valence-corrected chi connectivity index (χ3v) is 2.76. The van der Waals surface area contributed by atoms with E-state index >= 15 is 0 Å². The van der Waals surface area contributed by atoms with Crippen LogP contribution in [-0.4, -0.2) is 20.6 Å². The number of carboxylic acid groups (broad SMARTS) is 1. The fraction of sp³-hybridized carbons (Fsp3) is 0.0909. The average molecular weight is 268 g/mol. The summed E-state index contributed by atoms with van der Waals surface area (Å²) in [6.45, 7) is 1.72. The topological polar surface area (TPSA) is 101 Å². The largest absolute Gasteiger partial charge is 0.476 e. The molecule has 0 bridgehead atoms. The Morgan fingerprint density at radius 1 is 1.50 bits per heavy atom. The van der Waals surface area contributed by atoms with Gasteiger partial charge < -0.3 is 10.8 Å². The smallest absolute Gasteiger partial charge is 0.356 e. The van der Waals surface area contributed by atoms with Crippen LogP contribution in [0.5, 0.6) is 0 Å². The monoisotopic (exact) mass is 267 g/mol. The van der Waals surface area contributed by atoms with Crippen molar-refractivity contribution in [3.63, 3.8) is 0 Å². The first-order valence-electron chi connectivity index (χ1n) is 5.02. The predicted octanol–water partition coefficient (Wildman–Crippen LogP) is 1.41. The SMILES string of the molecule is Cc1cc(Cl)ccc1-n1c(C(=O)O)c(N)[nH]c1=O. The zero-order valence-corrected chi connectivity index (χ0v) is 10.2. The minimum atomic E-state index is -1.28. The van der Waals surface area contributed by atoms with Crippen LogP contribution in [0.2, 0.25) is 5.02 Å². The molecule has 2 rings (SSSR count). The summed E-state index contributed by atoms with van der Waals surface area (Å²) in [7, 11) is 0. The van der Waals surface area contributed by atoms with Gasteiger partial charge in [-0.05, 0) is 30.7 Å². The van der Waals surface area contributed by atoms with Gasteiger partial charge in [0.15, 0.2) is 5.69 Å². The van der Waals surface area contributed by atoms with Gasteiger partial charge in [0.05, 0.1) is 5.69 Å². The van der Waals surface area contributed by atoms with E-state index in [9.17, 15) is 9.59 Å². The van der Waals surface area contributed by atoms with Crippen LogP contribution in [0, 0.1) is 6.92 Å². The van der Waals surface area contributed by atoms with E-state index in [1.54, 1.807) is 25.1 Å². The van der Waals surface area contributed by atoms with Crippen LogP contribution in [0.3, 0.4) is 0 Å². The highest BCUT2D eigenvalue weighted by Gasteiger charge is 2.20. The first kappa shape index (κ1) is 12.3. The number of hydrogen-bond donors (Lipinski definition) is 3. The van der Waals surface area contributed by atoms with Gasteiger partial charge in [0.25, 0.3) is 0 Å². The van der Waals surface area contributed by atoms with Crippen molar-refractivity contribution in [1.82, 2.24) is 9.55 Å². The summed E-state index contributed by atoms with van der Waals surface area (Å²) in [5, 5.41) is 9.59. The van der Waals surface area contributed by atoms with Crippen LogP contribution in [0.15, 0.2) is 23.0 Å². The minimum absolute atomic E-state index is 0.179. The molecule has 4 N–H and O–H groups in total. The predicted molar refractivity (Wildman–Crippen MR) is 67.5 cm³/mol. The number of H-pyrrole nitrogens is 1. The number of aryl methyl sites for hydroxylation is 1. The third-order valence-electron chi connectivity index (χ3n) is 2.53. The van der Waals surface area contributed by atoms with Crippen molar-refractivity contribution in [2.75, 3.05) is 5.73 Å². The van der Waals surface area contributed by atoms with Crippen molar-refractivity contribution in [2.45, 2.75) is 6.92 Å². The second kappa shape index (κ2) is 4.23. The van der Waals surface area contributed by atoms with Gasteiger partial charge in [-0.3, -0.25) is 9.55 Å². The van der Waals surface area contributed by atoms with Gasteiger partial charge >= 0.3 is 11.7 Å². The number of rotatable bonds is 2. The summed E-state index contributed by atoms with van der Waals surface area (Å²) >= 11 is 5.82. The van der Waals surface area contributed by atoms with Gasteiger partial charge in [0, 0.05) is 5.02 Å². The second-order valence-electron chi connectivity index (χ2n) is 3.76. The molecule has 0 aliphatic rings. The maximum absolute atomic E-state index is 11.7. The zero-order chi connectivity index (χ0) is 13.4. The summed E-state index contributed by atoms with van der Waals surface area (Å²) in [4.78, 5) is 25.1. The van der Waals surface area contributed by atoms with E-state index in [0.29, 0.717) is 16.3 Å². The normalized spacial score (nSPS) is 10.6. The number of nitrogens with one attached hydrogen (secondary N) is 1. The Kier molecular flexibility index (Phi) is 2.88. The molecule has 1 aromatic heterocycles. The number of anilines is 1. The van der Waals surface area contributed by atoms with Crippen molar-refractivity contribution < 1.29 is 9.90 Å². The molecule has 6 nitrogen and oxygen atoms in total. The average Bonchev–Trinajstić information content (AvgIpc) is 2.53. The van der Waals surface area contributed by atoms with Crippen LogP contribution in [0.4, 0.5) is 5.82 Å². The van der Waals surface area contributed by atoms with Crippen LogP contribution in [-0.2, 0) is 0 Å². The van der Waals surface area contributed by atoms with Crippen molar-refractivity contribution in [2.24, 2.45) is 0 Å². The van der Waals surface area contributed by atoms with E-state index < -0.39 is 11.7 Å². The molecular formula is C11H10ClN3O3. The lowest BCUT2D eigenvalue weighted by atomic mass is 10.2. The number of carboxylic acids is 1. The summed E-state index contributed by atoms with van der Waals surface area (Å²) in [6.07, 6.45) is 0. The number of imidazole rings is 1. The molecular weight excluding hydrogens is 258 g/mol. The van der Waals surface area contributed by atoms with E-state index in [4.69, 9.17) is 22.4 Å². The number of aromatic nitrogens is 2. The third kappa shape index (κ3) is 1.86. The van der Waals surface area contributed by atoms with Crippen molar-refractivity contribution in [3.05, 3.63) is 45.0 Å². The molecule has 0 amide bonds. The summed E-state index contributed by atoms with van der Waals surface area (Å²) < 4.78 is 1.02. The highest BCUT2D eigenvalue weighted by atomic mass is 35.5. The van der Waals surface area contributed by atoms with Gasteiger partial charge in [-0.1, -0.05) is 11.6 Å². The molecule has 0 unspecified atom stereocenters. The fourth-order valence-corrected chi connectivity index (χ4v) is 1.99. The quantitative estimate of drug-likeness (QED) is 0.765. The molecule has 0 fully saturated rings. The molecule has 0 aliphatic carbocycles. The molecule has 94 valence electrons. The highest BCUT2D eigenvalue weighted by Crippen LogP contribution is 2.20. The molecule has 7 heteroatoms. The first-order valence-corrected chi connectivity index (χ1v) is 5.40. The molecule has 0 spiro atoms. The van der Waals surface area contributed by atoms with Crippen molar-refractivity contribution >= 4 is 23.4 Å². The first-order chi connectivity index (χ1) is 8.41. The number of hydrogen-bond acceptors (Lipinski definition) is 3. The van der Waals surface area contributed by atoms with Crippen molar-refractivity contribution in [3.8, 4) is 5.69 Å². The van der Waals surface area contributed by atoms with Gasteiger partial charge in [-0.25, -0.2) is 9.59 Å². The van der Waals surface area contributed by atoms with Gasteiger partial charge in [-0.2, -0.15) is 0 Å². The number of nitrogens with zero attached hydrogens (tertiary/aromatic N) is 1. The van der Waals surface area contributed by atoms with Crippen LogP contribution in [0.1, 0.15) is 16.1 Å². The molecule has 0 saturated heterocycles. The summed E-state index contributed by atoms with van der Waals surface area (Å²) in [5.41, 5.74) is 5.69. The van der Waals surface area contributed by atoms with Crippen LogP contribution in [0.25, 0.3) is 5.69 Å². The number of carbonyl (C=O) groups is 1. The zero-order valence-electron chi connectivity index (χ0n) is 9.40. The Labute approximate surface area is 107 Å². The Morgan fingerprint density at radius 3 is 2.72 bits per heavy atom. The standard InChI is InChI=1S/C11H10ClN3O3/c1-5-4-6(12)2-3-7(5)15-8(10(16)17)9(13)14-11(15)18/h2-4H,13H2,1H3,(H,14,18)(H,16,17). The second-order valence-corrected chi connectivity index (χ2v) is 4.20. The Bertz CT molecular complexity index is 687. The Hall–Kier alpha value is -2.21. The highest BCUT2D eigenvalue weighted by molar-refractivity contribution is 6.30. The van der Waals surface area contributed by atoms with E-state index in [1.807, 2.05) is 0 Å². The van der Waals surface area contributed by atoms with Gasteiger partial charge in [-0.15, -0.1) is 0 Å². The molecule has 1 aromatic carbocycles. The van der Waals surface area contributed by atoms with Crippen LogP contribution >= 0.6 is 11.6 Å². The maximum atomic E-state index is 11.7. The summed E-state index contributed by atoms with van der Waals surface area (Å²) in [6, 6.07) is 4.78. The molecule has 0 aliphatic heterocycles. The number of nitrogens with two attached hydrogens (primary N) is 1. The number of nitrogen functional groups attached to an aromatic ring is 1. The lowest BCUT2D eigenvalue weighted by Gasteiger charge is -2.08. The Morgan fingerprint density at radius 2 is 2.17 bits per heavy atom. The molecule has 1 heterocycles. The van der Waals surface area contributed by atoms with Gasteiger partial charge in [0.1, 0.15) is 5.82 Å². The molecule has 0 atom stereocenters. The molecule has 2 aromatic rings. The fourth-order valence-electron chi connectivity index (χ4n) is 1.76. The summed E-state index contributed by atoms with van der Waals surface area (Å²) in [5.74, 6) is -1.46. The van der Waals surface area contributed by atoms with E-state index in [-0.39, 0.29) is 11.5 Å². The Balaban J connectivity index is 2.79. The van der Waals surface area contributed by atoms with E-state index in [0.717, 1.165) is 4.57 Å². The van der Waals surface area contributed by atoms with Crippen molar-refractivity contribution in [1.29, 1.82) is 0 Å². The van der Waals surface area contributed by atoms with E-state index in [2.05, 4.69) is 4.98 Å². The minimum Gasteiger partial charge on any atom is -0.476 e. The lowest BCUT2D eigenvalue weighted by Crippen LogP contribution is -2.20. The van der Waals surface area contributed by atoms with E-state index in [1.165, 1.54) is 0 Å². The lowest BCUT2D eigenvalue weighted by molar-refractivity contribution is 0.0689. The molecule has 18 heavy (non-hydrogen) atoms.